The van der Waals surface area contributed by atoms with Gasteiger partial charge in [-0.15, -0.1) is 0 Å². The van der Waals surface area contributed by atoms with Crippen molar-refractivity contribution in [1.82, 2.24) is 0 Å². The lowest BCUT2D eigenvalue weighted by molar-refractivity contribution is -0.384. The molecule has 6 heteroatoms. The summed E-state index contributed by atoms with van der Waals surface area (Å²) in [7, 11) is 1.72. The zero-order valence-electron chi connectivity index (χ0n) is 12.3. The molecule has 0 saturated carbocycles. The Balaban J connectivity index is 2.91. The van der Waals surface area contributed by atoms with E-state index >= 15 is 0 Å². The van der Waals surface area contributed by atoms with Gasteiger partial charge in [-0.2, -0.15) is 0 Å². The number of nitro groups is 1. The van der Waals surface area contributed by atoms with Crippen LogP contribution in [0.4, 0.5) is 17.1 Å². The van der Waals surface area contributed by atoms with E-state index in [0.717, 1.165) is 12.8 Å². The number of hydrogen-bond acceptors (Lipinski definition) is 5. The molecule has 1 aromatic carbocycles. The van der Waals surface area contributed by atoms with Crippen molar-refractivity contribution in [3.05, 3.63) is 28.3 Å². The minimum absolute atomic E-state index is 0.0435. The number of benzene rings is 1. The first kappa shape index (κ1) is 16.2. The maximum Gasteiger partial charge on any atom is 0.273 e. The lowest BCUT2D eigenvalue weighted by Crippen LogP contribution is -2.32. The molecule has 0 aliphatic carbocycles. The number of nitro benzene ring substituents is 1. The maximum atomic E-state index is 10.9. The zero-order chi connectivity index (χ0) is 15.2. The summed E-state index contributed by atoms with van der Waals surface area (Å²) in [5.74, 6) is 0. The van der Waals surface area contributed by atoms with Gasteiger partial charge >= 0.3 is 0 Å². The third-order valence-corrected chi connectivity index (χ3v) is 3.92. The molecule has 0 bridgehead atoms. The maximum absolute atomic E-state index is 10.9. The highest BCUT2D eigenvalue weighted by atomic mass is 16.6. The van der Waals surface area contributed by atoms with Gasteiger partial charge in [0.05, 0.1) is 11.5 Å². The molecule has 1 aromatic rings. The van der Waals surface area contributed by atoms with Gasteiger partial charge in [0.25, 0.3) is 5.69 Å². The normalized spacial score (nSPS) is 11.2. The molecule has 0 atom stereocenters. The van der Waals surface area contributed by atoms with E-state index in [2.05, 4.69) is 10.6 Å². The van der Waals surface area contributed by atoms with Crippen LogP contribution in [0.5, 0.6) is 0 Å². The molecule has 0 fully saturated rings. The lowest BCUT2D eigenvalue weighted by atomic mass is 9.83. The summed E-state index contributed by atoms with van der Waals surface area (Å²) in [6.45, 7) is 4.75. The summed E-state index contributed by atoms with van der Waals surface area (Å²) in [4.78, 5) is 10.5. The molecule has 6 nitrogen and oxygen atoms in total. The summed E-state index contributed by atoms with van der Waals surface area (Å²) in [6, 6.07) is 4.82. The average Bonchev–Trinajstić information content (AvgIpc) is 2.48. The van der Waals surface area contributed by atoms with Crippen LogP contribution in [0.25, 0.3) is 0 Å². The summed E-state index contributed by atoms with van der Waals surface area (Å²) in [5, 5.41) is 26.6. The molecule has 0 saturated heterocycles. The van der Waals surface area contributed by atoms with Crippen LogP contribution in [0.1, 0.15) is 26.7 Å². The number of aliphatic hydroxyl groups excluding tert-OH is 1. The molecule has 3 N–H and O–H groups in total. The molecule has 0 radical (unpaired) electrons. The van der Waals surface area contributed by atoms with Crippen molar-refractivity contribution < 1.29 is 10.0 Å². The number of nitrogens with one attached hydrogen (secondary N) is 2. The third-order valence-electron chi connectivity index (χ3n) is 3.92. The van der Waals surface area contributed by atoms with E-state index < -0.39 is 4.92 Å². The van der Waals surface area contributed by atoms with Gasteiger partial charge in [0.2, 0.25) is 0 Å². The average molecular weight is 281 g/mol. The fraction of sp³-hybridized carbons (Fsp3) is 0.571. The van der Waals surface area contributed by atoms with Crippen molar-refractivity contribution in [2.45, 2.75) is 26.7 Å². The van der Waals surface area contributed by atoms with Crippen molar-refractivity contribution in [3.8, 4) is 0 Å². The first-order valence-corrected chi connectivity index (χ1v) is 6.82. The highest BCUT2D eigenvalue weighted by Gasteiger charge is 2.25. The Labute approximate surface area is 119 Å². The Hall–Kier alpha value is -1.82. The van der Waals surface area contributed by atoms with Crippen LogP contribution >= 0.6 is 0 Å². The van der Waals surface area contributed by atoms with E-state index in [1.54, 1.807) is 7.05 Å². The fourth-order valence-corrected chi connectivity index (χ4v) is 2.03. The van der Waals surface area contributed by atoms with Crippen LogP contribution in [0.3, 0.4) is 0 Å². The number of rotatable bonds is 8. The van der Waals surface area contributed by atoms with E-state index in [1.807, 2.05) is 19.9 Å². The Kier molecular flexibility index (Phi) is 5.76. The van der Waals surface area contributed by atoms with Gasteiger partial charge in [-0.1, -0.05) is 13.8 Å². The summed E-state index contributed by atoms with van der Waals surface area (Å²) < 4.78 is 0. The number of anilines is 2. The molecule has 0 aliphatic heterocycles. The first-order chi connectivity index (χ1) is 9.50. The van der Waals surface area contributed by atoms with Gasteiger partial charge in [0.1, 0.15) is 0 Å². The van der Waals surface area contributed by atoms with Crippen molar-refractivity contribution >= 4 is 17.1 Å². The Morgan fingerprint density at radius 2 is 1.85 bits per heavy atom. The molecular weight excluding hydrogens is 258 g/mol. The topological polar surface area (TPSA) is 87.4 Å². The molecular formula is C14H23N3O3. The van der Waals surface area contributed by atoms with Crippen LogP contribution in [0.2, 0.25) is 0 Å². The van der Waals surface area contributed by atoms with Gasteiger partial charge < -0.3 is 15.7 Å². The quantitative estimate of drug-likeness (QED) is 0.504. The van der Waals surface area contributed by atoms with Crippen molar-refractivity contribution in [2.24, 2.45) is 5.41 Å². The predicted octanol–water partition coefficient (Wildman–Crippen LogP) is 2.85. The smallest absolute Gasteiger partial charge is 0.273 e. The monoisotopic (exact) mass is 281 g/mol. The highest BCUT2D eigenvalue weighted by molar-refractivity contribution is 5.63. The van der Waals surface area contributed by atoms with E-state index in [0.29, 0.717) is 17.9 Å². The second-order valence-corrected chi connectivity index (χ2v) is 4.99. The Morgan fingerprint density at radius 1 is 1.25 bits per heavy atom. The van der Waals surface area contributed by atoms with Crippen molar-refractivity contribution in [3.63, 3.8) is 0 Å². The zero-order valence-corrected chi connectivity index (χ0v) is 12.3. The number of nitrogens with zero attached hydrogens (tertiary/aromatic N) is 1. The largest absolute Gasteiger partial charge is 0.396 e. The van der Waals surface area contributed by atoms with Crippen LogP contribution in [-0.2, 0) is 0 Å². The molecule has 0 heterocycles. The SMILES string of the molecule is CCC(CC)(CO)CNc1cc(NC)cc([N+](=O)[O-])c1. The molecule has 0 spiro atoms. The minimum atomic E-state index is -0.412. The van der Waals surface area contributed by atoms with Gasteiger partial charge in [-0.05, 0) is 18.9 Å². The van der Waals surface area contributed by atoms with E-state index in [4.69, 9.17) is 0 Å². The van der Waals surface area contributed by atoms with E-state index in [1.165, 1.54) is 12.1 Å². The molecule has 0 aromatic heterocycles. The highest BCUT2D eigenvalue weighted by Crippen LogP contribution is 2.28. The minimum Gasteiger partial charge on any atom is -0.396 e. The van der Waals surface area contributed by atoms with Gasteiger partial charge in [0, 0.05) is 42.5 Å². The summed E-state index contributed by atoms with van der Waals surface area (Å²) in [6.07, 6.45) is 1.70. The predicted molar refractivity (Wildman–Crippen MR) is 81.2 cm³/mol. The molecule has 0 unspecified atom stereocenters. The molecule has 1 rings (SSSR count). The molecule has 0 amide bonds. The van der Waals surface area contributed by atoms with Gasteiger partial charge in [-0.3, -0.25) is 10.1 Å². The van der Waals surface area contributed by atoms with Crippen LogP contribution < -0.4 is 10.6 Å². The van der Waals surface area contributed by atoms with Gasteiger partial charge in [0.15, 0.2) is 0 Å². The van der Waals surface area contributed by atoms with E-state index in [-0.39, 0.29) is 17.7 Å². The first-order valence-electron chi connectivity index (χ1n) is 6.82. The molecule has 20 heavy (non-hydrogen) atoms. The van der Waals surface area contributed by atoms with Crippen molar-refractivity contribution in [2.75, 3.05) is 30.8 Å². The molecule has 112 valence electrons. The van der Waals surface area contributed by atoms with Crippen LogP contribution in [0, 0.1) is 15.5 Å². The number of aliphatic hydroxyl groups is 1. The second kappa shape index (κ2) is 7.09. The fourth-order valence-electron chi connectivity index (χ4n) is 2.03. The van der Waals surface area contributed by atoms with Gasteiger partial charge in [-0.25, -0.2) is 0 Å². The Morgan fingerprint density at radius 3 is 2.30 bits per heavy atom. The van der Waals surface area contributed by atoms with Crippen LogP contribution in [0.15, 0.2) is 18.2 Å². The Bertz CT molecular complexity index is 451. The summed E-state index contributed by atoms with van der Waals surface area (Å²) in [5.41, 5.74) is 1.22. The second-order valence-electron chi connectivity index (χ2n) is 4.99. The number of hydrogen-bond donors (Lipinski definition) is 3. The summed E-state index contributed by atoms with van der Waals surface area (Å²) >= 11 is 0. The van der Waals surface area contributed by atoms with E-state index in [9.17, 15) is 15.2 Å². The van der Waals surface area contributed by atoms with Crippen molar-refractivity contribution in [1.29, 1.82) is 0 Å². The third kappa shape index (κ3) is 3.84. The molecule has 0 aliphatic rings. The standard InChI is InChI=1S/C14H23N3O3/c1-4-14(5-2,10-18)9-16-12-6-11(15-3)7-13(8-12)17(19)20/h6-8,15-16,18H,4-5,9-10H2,1-3H3. The number of non-ortho nitro benzene ring substituents is 1. The van der Waals surface area contributed by atoms with Crippen LogP contribution in [-0.4, -0.2) is 30.2 Å². The lowest BCUT2D eigenvalue weighted by Gasteiger charge is -2.30.